The van der Waals surface area contributed by atoms with Gasteiger partial charge in [-0.15, -0.1) is 0 Å². The van der Waals surface area contributed by atoms with Gasteiger partial charge in [-0.3, -0.25) is 19.7 Å². The average Bonchev–Trinajstić information content (AvgIpc) is 3.32. The number of imide groups is 1. The van der Waals surface area contributed by atoms with Crippen LogP contribution in [0.5, 0.6) is 0 Å². The number of aryl methyl sites for hydroxylation is 1. The van der Waals surface area contributed by atoms with Crippen molar-refractivity contribution in [2.75, 3.05) is 0 Å². The molecule has 2 amide bonds. The van der Waals surface area contributed by atoms with Gasteiger partial charge in [-0.05, 0) is 43.7 Å². The molecule has 0 radical (unpaired) electrons. The molecule has 1 aromatic heterocycles. The maximum atomic E-state index is 12.8. The number of nitrogens with zero attached hydrogens (tertiary/aromatic N) is 3. The lowest BCUT2D eigenvalue weighted by Crippen LogP contribution is -2.38. The summed E-state index contributed by atoms with van der Waals surface area (Å²) in [5, 5.41) is 16.3. The van der Waals surface area contributed by atoms with Gasteiger partial charge in [0.05, 0.1) is 23.0 Å². The number of fused-ring (bicyclic) bond motifs is 1. The van der Waals surface area contributed by atoms with Crippen LogP contribution in [0, 0.1) is 40.7 Å². The van der Waals surface area contributed by atoms with E-state index >= 15 is 0 Å². The number of hydrazone groups is 1. The summed E-state index contributed by atoms with van der Waals surface area (Å²) >= 11 is 0. The number of allylic oxidation sites excluding steroid dienone is 2. The average molecular weight is 405 g/mol. The molecule has 2 fully saturated rings. The molecule has 1 saturated carbocycles. The minimum atomic E-state index is -0.434. The summed E-state index contributed by atoms with van der Waals surface area (Å²) in [6.07, 6.45) is 7.33. The smallest absolute Gasteiger partial charge is 0.273 e. The van der Waals surface area contributed by atoms with E-state index in [1.807, 2.05) is 0 Å². The van der Waals surface area contributed by atoms with E-state index in [4.69, 9.17) is 4.42 Å². The summed E-state index contributed by atoms with van der Waals surface area (Å²) < 4.78 is 5.71. The highest BCUT2D eigenvalue weighted by atomic mass is 16.6. The van der Waals surface area contributed by atoms with E-state index in [1.165, 1.54) is 12.3 Å². The van der Waals surface area contributed by atoms with Crippen LogP contribution in [0.1, 0.15) is 24.2 Å². The lowest BCUT2D eigenvalue weighted by molar-refractivity contribution is -0.385. The van der Waals surface area contributed by atoms with E-state index in [0.717, 1.165) is 17.9 Å². The Bertz CT molecular complexity index is 1100. The second-order valence-corrected chi connectivity index (χ2v) is 8.03. The lowest BCUT2D eigenvalue weighted by atomic mass is 9.63. The number of nitro groups is 1. The molecule has 30 heavy (non-hydrogen) atoms. The first-order valence-electron chi connectivity index (χ1n) is 9.89. The molecule has 2 aromatic rings. The summed E-state index contributed by atoms with van der Waals surface area (Å²) in [6.45, 7) is 1.67. The largest absolute Gasteiger partial charge is 0.455 e. The molecule has 8 nitrogen and oxygen atoms in total. The summed E-state index contributed by atoms with van der Waals surface area (Å²) in [5.74, 6) is -0.0902. The van der Waals surface area contributed by atoms with E-state index in [2.05, 4.69) is 17.3 Å². The molecule has 3 aliphatic carbocycles. The molecule has 4 atom stereocenters. The van der Waals surface area contributed by atoms with Crippen LogP contribution in [-0.2, 0) is 9.59 Å². The molecule has 2 heterocycles. The van der Waals surface area contributed by atoms with Crippen LogP contribution in [0.15, 0.2) is 52.0 Å². The van der Waals surface area contributed by atoms with Crippen molar-refractivity contribution in [3.05, 3.63) is 63.9 Å². The molecule has 1 aromatic carbocycles. The fourth-order valence-corrected chi connectivity index (χ4v) is 4.82. The molecule has 1 aliphatic heterocycles. The third kappa shape index (κ3) is 2.79. The first-order valence-corrected chi connectivity index (χ1v) is 9.89. The van der Waals surface area contributed by atoms with Gasteiger partial charge in [0.2, 0.25) is 0 Å². The van der Waals surface area contributed by atoms with E-state index in [9.17, 15) is 19.7 Å². The summed E-state index contributed by atoms with van der Waals surface area (Å²) in [5.41, 5.74) is 1.14. The lowest BCUT2D eigenvalue weighted by Gasteiger charge is -2.37. The van der Waals surface area contributed by atoms with Crippen LogP contribution in [0.4, 0.5) is 5.69 Å². The van der Waals surface area contributed by atoms with Crippen molar-refractivity contribution in [1.29, 1.82) is 0 Å². The predicted octanol–water partition coefficient (Wildman–Crippen LogP) is 3.69. The highest BCUT2D eigenvalue weighted by molar-refractivity contribution is 6.06. The Hall–Kier alpha value is -3.55. The topological polar surface area (TPSA) is 106 Å². The number of rotatable bonds is 4. The number of nitro benzene ring substituents is 1. The van der Waals surface area contributed by atoms with Gasteiger partial charge < -0.3 is 4.42 Å². The minimum Gasteiger partial charge on any atom is -0.455 e. The number of amides is 2. The number of hydrogen-bond donors (Lipinski definition) is 0. The molecule has 6 rings (SSSR count). The maximum Gasteiger partial charge on any atom is 0.273 e. The Morgan fingerprint density at radius 1 is 1.10 bits per heavy atom. The summed E-state index contributed by atoms with van der Waals surface area (Å²) in [6, 6.07) is 8.18. The zero-order chi connectivity index (χ0) is 21.0. The quantitative estimate of drug-likeness (QED) is 0.254. The maximum absolute atomic E-state index is 12.8. The van der Waals surface area contributed by atoms with Crippen molar-refractivity contribution in [3.8, 4) is 11.3 Å². The minimum absolute atomic E-state index is 0.0122. The van der Waals surface area contributed by atoms with Crippen molar-refractivity contribution in [2.24, 2.45) is 28.8 Å². The summed E-state index contributed by atoms with van der Waals surface area (Å²) in [7, 11) is 0. The van der Waals surface area contributed by atoms with Gasteiger partial charge in [-0.2, -0.15) is 10.1 Å². The van der Waals surface area contributed by atoms with Crippen molar-refractivity contribution in [1.82, 2.24) is 5.01 Å². The number of carbonyl (C=O) groups is 2. The molecule has 1 saturated heterocycles. The van der Waals surface area contributed by atoms with Gasteiger partial charge in [0.15, 0.2) is 0 Å². The van der Waals surface area contributed by atoms with Gasteiger partial charge in [0, 0.05) is 17.2 Å². The molecule has 2 bridgehead atoms. The van der Waals surface area contributed by atoms with Crippen molar-refractivity contribution >= 4 is 23.7 Å². The van der Waals surface area contributed by atoms with Crippen molar-refractivity contribution in [2.45, 2.75) is 19.8 Å². The van der Waals surface area contributed by atoms with Crippen LogP contribution in [0.2, 0.25) is 0 Å². The first-order chi connectivity index (χ1) is 14.4. The highest BCUT2D eigenvalue weighted by Crippen LogP contribution is 2.49. The Labute approximate surface area is 172 Å². The number of hydrogen-bond acceptors (Lipinski definition) is 6. The van der Waals surface area contributed by atoms with Crippen LogP contribution in [0.3, 0.4) is 0 Å². The van der Waals surface area contributed by atoms with Crippen LogP contribution in [-0.4, -0.2) is 28.0 Å². The second kappa shape index (κ2) is 6.76. The molecule has 0 unspecified atom stereocenters. The molecule has 0 spiro atoms. The molecule has 8 heteroatoms. The fourth-order valence-electron chi connectivity index (χ4n) is 4.82. The normalized spacial score (nSPS) is 27.3. The van der Waals surface area contributed by atoms with Crippen molar-refractivity contribution in [3.63, 3.8) is 0 Å². The van der Waals surface area contributed by atoms with E-state index in [0.29, 0.717) is 22.6 Å². The zero-order valence-electron chi connectivity index (χ0n) is 16.2. The predicted molar refractivity (Wildman–Crippen MR) is 107 cm³/mol. The van der Waals surface area contributed by atoms with Gasteiger partial charge in [-0.1, -0.05) is 24.3 Å². The van der Waals surface area contributed by atoms with Crippen LogP contribution < -0.4 is 0 Å². The van der Waals surface area contributed by atoms with E-state index in [-0.39, 0.29) is 41.2 Å². The zero-order valence-corrected chi connectivity index (χ0v) is 16.2. The van der Waals surface area contributed by atoms with E-state index < -0.39 is 4.92 Å². The Balaban J connectivity index is 1.37. The Kier molecular flexibility index (Phi) is 4.16. The van der Waals surface area contributed by atoms with Crippen LogP contribution in [0.25, 0.3) is 11.3 Å². The SMILES string of the molecule is Cc1ccc(-c2ccc(/C=N\N3C(=O)[C@@H]4[C@@H](C3=O)[C@H]3C=C[C@@H]4CC3)o2)cc1[N+](=O)[O-]. The number of furan rings is 1. The number of carbonyl (C=O) groups excluding carboxylic acids is 2. The highest BCUT2D eigenvalue weighted by Gasteiger charge is 2.56. The third-order valence-corrected chi connectivity index (χ3v) is 6.35. The Morgan fingerprint density at radius 2 is 1.77 bits per heavy atom. The standard InChI is InChI=1S/C22H19N3O5/c1-12-2-3-15(10-17(12)25(28)29)18-9-8-16(30-18)11-23-24-21(26)19-13-4-5-14(7-6-13)20(19)22(24)27/h2-5,8-11,13-14,19-20H,6-7H2,1H3/b23-11-/t13-,14+,19-,20-/m0/s1. The van der Waals surface area contributed by atoms with Crippen LogP contribution >= 0.6 is 0 Å². The molecule has 0 N–H and O–H groups in total. The molecular formula is C22H19N3O5. The number of benzene rings is 1. The van der Waals surface area contributed by atoms with Gasteiger partial charge in [0.25, 0.3) is 17.5 Å². The molecular weight excluding hydrogens is 386 g/mol. The third-order valence-electron chi connectivity index (χ3n) is 6.35. The monoisotopic (exact) mass is 405 g/mol. The fraction of sp³-hybridized carbons (Fsp3) is 0.318. The molecule has 152 valence electrons. The summed E-state index contributed by atoms with van der Waals surface area (Å²) in [4.78, 5) is 36.3. The van der Waals surface area contributed by atoms with Gasteiger partial charge in [-0.25, -0.2) is 0 Å². The molecule has 4 aliphatic rings. The van der Waals surface area contributed by atoms with Gasteiger partial charge in [0.1, 0.15) is 11.5 Å². The Morgan fingerprint density at radius 3 is 2.37 bits per heavy atom. The van der Waals surface area contributed by atoms with Gasteiger partial charge >= 0.3 is 0 Å². The van der Waals surface area contributed by atoms with E-state index in [1.54, 1.807) is 31.2 Å². The first kappa shape index (κ1) is 18.5. The van der Waals surface area contributed by atoms with Crippen molar-refractivity contribution < 1.29 is 18.9 Å². The second-order valence-electron chi connectivity index (χ2n) is 8.03.